The maximum atomic E-state index is 8.74. The number of nitriles is 1. The van der Waals surface area contributed by atoms with Crippen LogP contribution in [0.4, 0.5) is 0 Å². The van der Waals surface area contributed by atoms with Crippen LogP contribution in [0.3, 0.4) is 0 Å². The summed E-state index contributed by atoms with van der Waals surface area (Å²) in [4.78, 5) is 8.04. The second-order valence-electron chi connectivity index (χ2n) is 3.27. The first-order valence-corrected chi connectivity index (χ1v) is 5.28. The van der Waals surface area contributed by atoms with Crippen LogP contribution in [-0.2, 0) is 12.4 Å². The molecule has 0 spiro atoms. The first-order valence-electron chi connectivity index (χ1n) is 4.74. The number of rotatable bonds is 3. The van der Waals surface area contributed by atoms with Crippen molar-refractivity contribution in [1.82, 2.24) is 14.5 Å². The minimum atomic E-state index is 0.378. The van der Waals surface area contributed by atoms with Gasteiger partial charge in [-0.25, -0.2) is 9.97 Å². The highest BCUT2D eigenvalue weighted by Crippen LogP contribution is 2.07. The van der Waals surface area contributed by atoms with E-state index >= 15 is 0 Å². The Labute approximate surface area is 98.1 Å². The molecular weight excluding hydrogens is 224 g/mol. The Kier molecular flexibility index (Phi) is 3.18. The van der Waals surface area contributed by atoms with E-state index in [0.717, 1.165) is 11.4 Å². The van der Waals surface area contributed by atoms with Gasteiger partial charge in [-0.05, 0) is 17.7 Å². The van der Waals surface area contributed by atoms with Crippen molar-refractivity contribution in [3.8, 4) is 6.07 Å². The molecular formula is C11H9ClN4. The Balaban J connectivity index is 2.24. The Morgan fingerprint density at radius 1 is 1.38 bits per heavy atom. The van der Waals surface area contributed by atoms with E-state index in [9.17, 15) is 0 Å². The summed E-state index contributed by atoms with van der Waals surface area (Å²) >= 11 is 5.75. The van der Waals surface area contributed by atoms with Crippen molar-refractivity contribution in [1.29, 1.82) is 5.26 Å². The highest BCUT2D eigenvalue weighted by atomic mass is 35.5. The minimum absolute atomic E-state index is 0.378. The van der Waals surface area contributed by atoms with E-state index in [1.54, 1.807) is 18.5 Å². The van der Waals surface area contributed by atoms with Crippen LogP contribution in [0.2, 0.25) is 0 Å². The molecule has 16 heavy (non-hydrogen) atoms. The molecule has 80 valence electrons. The molecule has 0 amide bonds. The van der Waals surface area contributed by atoms with Crippen LogP contribution in [0, 0.1) is 11.3 Å². The zero-order chi connectivity index (χ0) is 11.4. The third-order valence-corrected chi connectivity index (χ3v) is 2.45. The van der Waals surface area contributed by atoms with E-state index in [-0.39, 0.29) is 0 Å². The lowest BCUT2D eigenvalue weighted by atomic mass is 10.2. The number of hydrogen-bond acceptors (Lipinski definition) is 3. The third kappa shape index (κ3) is 2.20. The second kappa shape index (κ2) is 4.77. The van der Waals surface area contributed by atoms with Gasteiger partial charge in [0.05, 0.1) is 5.88 Å². The smallest absolute Gasteiger partial charge is 0.140 e. The van der Waals surface area contributed by atoms with Gasteiger partial charge >= 0.3 is 0 Å². The summed E-state index contributed by atoms with van der Waals surface area (Å²) in [5.74, 6) is 1.19. The van der Waals surface area contributed by atoms with E-state index in [4.69, 9.17) is 16.9 Å². The highest BCUT2D eigenvalue weighted by Gasteiger charge is 2.02. The molecule has 4 nitrogen and oxygen atoms in total. The van der Waals surface area contributed by atoms with Crippen LogP contribution in [0.5, 0.6) is 0 Å². The molecule has 0 N–H and O–H groups in total. The van der Waals surface area contributed by atoms with Crippen LogP contribution in [0.25, 0.3) is 0 Å². The molecule has 0 aliphatic heterocycles. The van der Waals surface area contributed by atoms with Crippen LogP contribution >= 0.6 is 11.6 Å². The lowest BCUT2D eigenvalue weighted by Crippen LogP contribution is -2.03. The number of nitrogens with zero attached hydrogens (tertiary/aromatic N) is 4. The van der Waals surface area contributed by atoms with Gasteiger partial charge in [0.2, 0.25) is 0 Å². The van der Waals surface area contributed by atoms with Crippen molar-refractivity contribution in [3.63, 3.8) is 0 Å². The fourth-order valence-corrected chi connectivity index (χ4v) is 1.67. The van der Waals surface area contributed by atoms with E-state index in [0.29, 0.717) is 18.1 Å². The summed E-state index contributed by atoms with van der Waals surface area (Å²) in [5, 5.41) is 8.74. The Bertz CT molecular complexity index is 527. The van der Waals surface area contributed by atoms with E-state index in [1.807, 2.05) is 22.9 Å². The van der Waals surface area contributed by atoms with Gasteiger partial charge in [0.15, 0.2) is 0 Å². The standard InChI is InChI=1S/C11H9ClN4/c12-6-11-15-3-4-16(11)8-9-1-2-14-10(5-9)7-13/h1-5H,6,8H2. The maximum absolute atomic E-state index is 8.74. The molecule has 5 heteroatoms. The summed E-state index contributed by atoms with van der Waals surface area (Å²) in [5.41, 5.74) is 1.43. The molecule has 0 radical (unpaired) electrons. The molecule has 0 saturated heterocycles. The molecule has 0 aliphatic carbocycles. The lowest BCUT2D eigenvalue weighted by molar-refractivity contribution is 0.753. The monoisotopic (exact) mass is 232 g/mol. The van der Waals surface area contributed by atoms with Crippen molar-refractivity contribution < 1.29 is 0 Å². The highest BCUT2D eigenvalue weighted by molar-refractivity contribution is 6.16. The predicted octanol–water partition coefficient (Wildman–Crippen LogP) is 1.94. The molecule has 2 heterocycles. The molecule has 0 unspecified atom stereocenters. The normalized spacial score (nSPS) is 10.0. The van der Waals surface area contributed by atoms with E-state index in [1.165, 1.54) is 0 Å². The molecule has 2 aromatic heterocycles. The van der Waals surface area contributed by atoms with Gasteiger partial charge in [-0.3, -0.25) is 0 Å². The number of aromatic nitrogens is 3. The minimum Gasteiger partial charge on any atom is -0.330 e. The van der Waals surface area contributed by atoms with Crippen LogP contribution in [-0.4, -0.2) is 14.5 Å². The number of alkyl halides is 1. The number of halogens is 1. The van der Waals surface area contributed by atoms with Gasteiger partial charge in [-0.1, -0.05) is 0 Å². The van der Waals surface area contributed by atoms with Crippen LogP contribution < -0.4 is 0 Å². The number of pyridine rings is 1. The van der Waals surface area contributed by atoms with Crippen molar-refractivity contribution in [2.24, 2.45) is 0 Å². The zero-order valence-electron chi connectivity index (χ0n) is 8.47. The zero-order valence-corrected chi connectivity index (χ0v) is 9.22. The fourth-order valence-electron chi connectivity index (χ4n) is 1.45. The van der Waals surface area contributed by atoms with Gasteiger partial charge < -0.3 is 4.57 Å². The van der Waals surface area contributed by atoms with E-state index < -0.39 is 0 Å². The van der Waals surface area contributed by atoms with Crippen LogP contribution in [0.1, 0.15) is 17.1 Å². The van der Waals surface area contributed by atoms with Gasteiger partial charge in [-0.15, -0.1) is 11.6 Å². The maximum Gasteiger partial charge on any atom is 0.140 e. The topological polar surface area (TPSA) is 54.5 Å². The molecule has 0 saturated carbocycles. The summed E-state index contributed by atoms with van der Waals surface area (Å²) in [6.07, 6.45) is 5.21. The predicted molar refractivity (Wildman–Crippen MR) is 59.8 cm³/mol. The molecule has 0 aliphatic rings. The lowest BCUT2D eigenvalue weighted by Gasteiger charge is -2.05. The molecule has 0 aromatic carbocycles. The third-order valence-electron chi connectivity index (χ3n) is 2.21. The molecule has 0 bridgehead atoms. The van der Waals surface area contributed by atoms with Crippen molar-refractivity contribution in [2.75, 3.05) is 0 Å². The van der Waals surface area contributed by atoms with Crippen LogP contribution in [0.15, 0.2) is 30.7 Å². The molecule has 0 atom stereocenters. The second-order valence-corrected chi connectivity index (χ2v) is 3.53. The van der Waals surface area contributed by atoms with Gasteiger partial charge in [0, 0.05) is 25.1 Å². The first-order chi connectivity index (χ1) is 7.83. The molecule has 0 fully saturated rings. The summed E-state index contributed by atoms with van der Waals surface area (Å²) < 4.78 is 1.95. The van der Waals surface area contributed by atoms with Gasteiger partial charge in [0.25, 0.3) is 0 Å². The first kappa shape index (κ1) is 10.7. The summed E-state index contributed by atoms with van der Waals surface area (Å²) in [7, 11) is 0. The average Bonchev–Trinajstić information content (AvgIpc) is 2.76. The Morgan fingerprint density at radius 2 is 2.25 bits per heavy atom. The largest absolute Gasteiger partial charge is 0.330 e. The SMILES string of the molecule is N#Cc1cc(Cn2ccnc2CCl)ccn1. The van der Waals surface area contributed by atoms with Crippen molar-refractivity contribution in [3.05, 3.63) is 47.8 Å². The number of imidazole rings is 1. The average molecular weight is 233 g/mol. The van der Waals surface area contributed by atoms with Gasteiger partial charge in [0.1, 0.15) is 17.6 Å². The van der Waals surface area contributed by atoms with Gasteiger partial charge in [-0.2, -0.15) is 5.26 Å². The Morgan fingerprint density at radius 3 is 3.00 bits per heavy atom. The summed E-state index contributed by atoms with van der Waals surface area (Å²) in [6, 6.07) is 5.65. The quantitative estimate of drug-likeness (QED) is 0.760. The number of hydrogen-bond donors (Lipinski definition) is 0. The van der Waals surface area contributed by atoms with Crippen molar-refractivity contribution in [2.45, 2.75) is 12.4 Å². The summed E-state index contributed by atoms with van der Waals surface area (Å²) in [6.45, 7) is 0.652. The van der Waals surface area contributed by atoms with Crippen molar-refractivity contribution >= 4 is 11.6 Å². The van der Waals surface area contributed by atoms with E-state index in [2.05, 4.69) is 9.97 Å². The Hall–Kier alpha value is -1.86. The molecule has 2 aromatic rings. The molecule has 2 rings (SSSR count). The fraction of sp³-hybridized carbons (Fsp3) is 0.182.